The lowest BCUT2D eigenvalue weighted by Crippen LogP contribution is -2.36. The molecule has 0 aliphatic heterocycles. The molecule has 0 spiro atoms. The molecule has 1 aromatic carbocycles. The molecule has 1 aromatic rings. The maximum atomic E-state index is 11.9. The van der Waals surface area contributed by atoms with Gasteiger partial charge in [0.15, 0.2) is 0 Å². The van der Waals surface area contributed by atoms with E-state index in [9.17, 15) is 4.79 Å². The molecule has 0 saturated heterocycles. The second-order valence-corrected chi connectivity index (χ2v) is 6.10. The largest absolute Gasteiger partial charge is 0.444 e. The van der Waals surface area contributed by atoms with Crippen LogP contribution < -0.4 is 11.1 Å². The minimum atomic E-state index is -0.489. The van der Waals surface area contributed by atoms with Crippen LogP contribution in [0.15, 0.2) is 30.3 Å². The molecule has 0 aromatic heterocycles. The van der Waals surface area contributed by atoms with Crippen molar-refractivity contribution in [1.29, 1.82) is 0 Å². The third-order valence-electron chi connectivity index (χ3n) is 3.15. The van der Waals surface area contributed by atoms with Crippen molar-refractivity contribution in [1.82, 2.24) is 5.32 Å². The zero-order chi connectivity index (χ0) is 14.0. The molecule has 4 heteroatoms. The Hall–Kier alpha value is -1.55. The number of ether oxygens (including phenoxy) is 1. The number of hydrogen-bond donors (Lipinski definition) is 2. The monoisotopic (exact) mass is 262 g/mol. The van der Waals surface area contributed by atoms with E-state index in [1.54, 1.807) is 0 Å². The van der Waals surface area contributed by atoms with Gasteiger partial charge in [-0.05, 0) is 32.8 Å². The van der Waals surface area contributed by atoms with Gasteiger partial charge < -0.3 is 15.8 Å². The van der Waals surface area contributed by atoms with Crippen LogP contribution in [0, 0.1) is 5.92 Å². The molecule has 19 heavy (non-hydrogen) atoms. The average molecular weight is 262 g/mol. The SMILES string of the molecule is CC(C)(C)OC(=O)NC(c1ccccc1)C1CC1N. The molecule has 1 amide bonds. The first-order valence-electron chi connectivity index (χ1n) is 6.67. The van der Waals surface area contributed by atoms with Gasteiger partial charge in [0.1, 0.15) is 5.60 Å². The number of rotatable bonds is 3. The number of alkyl carbamates (subject to hydrolysis) is 1. The summed E-state index contributed by atoms with van der Waals surface area (Å²) >= 11 is 0. The van der Waals surface area contributed by atoms with Crippen LogP contribution in [-0.2, 0) is 4.74 Å². The van der Waals surface area contributed by atoms with E-state index in [-0.39, 0.29) is 18.2 Å². The summed E-state index contributed by atoms with van der Waals surface area (Å²) in [6.07, 6.45) is 0.551. The number of carbonyl (C=O) groups is 1. The Morgan fingerprint density at radius 3 is 2.42 bits per heavy atom. The van der Waals surface area contributed by atoms with Gasteiger partial charge >= 0.3 is 6.09 Å². The molecule has 4 nitrogen and oxygen atoms in total. The van der Waals surface area contributed by atoms with Crippen LogP contribution in [0.3, 0.4) is 0 Å². The normalized spacial score (nSPS) is 23.6. The minimum absolute atomic E-state index is 0.0638. The fourth-order valence-corrected chi connectivity index (χ4v) is 2.15. The van der Waals surface area contributed by atoms with Crippen LogP contribution >= 0.6 is 0 Å². The summed E-state index contributed by atoms with van der Waals surface area (Å²) < 4.78 is 5.31. The lowest BCUT2D eigenvalue weighted by Gasteiger charge is -2.24. The number of hydrogen-bond acceptors (Lipinski definition) is 3. The van der Waals surface area contributed by atoms with Crippen molar-refractivity contribution in [2.75, 3.05) is 0 Å². The molecule has 0 heterocycles. The van der Waals surface area contributed by atoms with Crippen molar-refractivity contribution < 1.29 is 9.53 Å². The van der Waals surface area contributed by atoms with Crippen molar-refractivity contribution in [2.24, 2.45) is 11.7 Å². The number of nitrogens with two attached hydrogens (primary N) is 1. The van der Waals surface area contributed by atoms with E-state index >= 15 is 0 Å². The maximum Gasteiger partial charge on any atom is 0.408 e. The summed E-state index contributed by atoms with van der Waals surface area (Å²) in [6, 6.07) is 10.0. The van der Waals surface area contributed by atoms with E-state index < -0.39 is 5.60 Å². The van der Waals surface area contributed by atoms with Crippen LogP contribution in [0.5, 0.6) is 0 Å². The first-order valence-corrected chi connectivity index (χ1v) is 6.67. The standard InChI is InChI=1S/C15H22N2O2/c1-15(2,3)19-14(18)17-13(11-9-12(11)16)10-7-5-4-6-8-10/h4-8,11-13H,9,16H2,1-3H3,(H,17,18). The van der Waals surface area contributed by atoms with Crippen LogP contribution in [0.2, 0.25) is 0 Å². The van der Waals surface area contributed by atoms with E-state index in [2.05, 4.69) is 5.32 Å². The van der Waals surface area contributed by atoms with Gasteiger partial charge in [0.05, 0.1) is 6.04 Å². The molecule has 3 N–H and O–H groups in total. The summed E-state index contributed by atoms with van der Waals surface area (Å²) in [4.78, 5) is 11.9. The molecule has 1 aliphatic carbocycles. The van der Waals surface area contributed by atoms with Gasteiger partial charge in [0.2, 0.25) is 0 Å². The molecule has 1 aliphatic rings. The number of benzene rings is 1. The molecule has 1 fully saturated rings. The van der Waals surface area contributed by atoms with Crippen molar-refractivity contribution in [3.8, 4) is 0 Å². The topological polar surface area (TPSA) is 64.3 Å². The van der Waals surface area contributed by atoms with E-state index in [1.807, 2.05) is 51.1 Å². The van der Waals surface area contributed by atoms with Gasteiger partial charge in [0, 0.05) is 12.0 Å². The minimum Gasteiger partial charge on any atom is -0.444 e. The molecule has 0 bridgehead atoms. The van der Waals surface area contributed by atoms with Gasteiger partial charge in [-0.1, -0.05) is 30.3 Å². The van der Waals surface area contributed by atoms with Gasteiger partial charge in [0.25, 0.3) is 0 Å². The summed E-state index contributed by atoms with van der Waals surface area (Å²) in [5, 5.41) is 2.94. The van der Waals surface area contributed by atoms with Gasteiger partial charge in [-0.25, -0.2) is 4.79 Å². The predicted octanol–water partition coefficient (Wildman–Crippen LogP) is 2.60. The molecule has 1 saturated carbocycles. The van der Waals surface area contributed by atoms with Gasteiger partial charge in [-0.2, -0.15) is 0 Å². The number of carbonyl (C=O) groups excluding carboxylic acids is 1. The fourth-order valence-electron chi connectivity index (χ4n) is 2.15. The molecule has 3 unspecified atom stereocenters. The van der Waals surface area contributed by atoms with Crippen LogP contribution in [-0.4, -0.2) is 17.7 Å². The molecule has 2 rings (SSSR count). The van der Waals surface area contributed by atoms with Crippen LogP contribution in [0.25, 0.3) is 0 Å². The van der Waals surface area contributed by atoms with Crippen molar-refractivity contribution in [2.45, 2.75) is 44.9 Å². The highest BCUT2D eigenvalue weighted by Crippen LogP contribution is 2.40. The highest BCUT2D eigenvalue weighted by molar-refractivity contribution is 5.68. The molecule has 0 radical (unpaired) electrons. The Bertz CT molecular complexity index is 439. The zero-order valence-electron chi connectivity index (χ0n) is 11.7. The maximum absolute atomic E-state index is 11.9. The quantitative estimate of drug-likeness (QED) is 0.880. The van der Waals surface area contributed by atoms with Crippen LogP contribution in [0.1, 0.15) is 38.8 Å². The highest BCUT2D eigenvalue weighted by atomic mass is 16.6. The van der Waals surface area contributed by atoms with Crippen LogP contribution in [0.4, 0.5) is 4.79 Å². The Balaban J connectivity index is 2.06. The second-order valence-electron chi connectivity index (χ2n) is 6.10. The lowest BCUT2D eigenvalue weighted by molar-refractivity contribution is 0.0496. The summed E-state index contributed by atoms with van der Waals surface area (Å²) in [5.41, 5.74) is 6.50. The number of amides is 1. The Morgan fingerprint density at radius 2 is 1.95 bits per heavy atom. The summed E-state index contributed by atoms with van der Waals surface area (Å²) in [6.45, 7) is 5.56. The molecular formula is C15H22N2O2. The number of nitrogens with one attached hydrogen (secondary N) is 1. The average Bonchev–Trinajstić information content (AvgIpc) is 3.02. The summed E-state index contributed by atoms with van der Waals surface area (Å²) in [5.74, 6) is 0.301. The molecule has 3 atom stereocenters. The lowest BCUT2D eigenvalue weighted by atomic mass is 10.0. The highest BCUT2D eigenvalue weighted by Gasteiger charge is 2.42. The van der Waals surface area contributed by atoms with Gasteiger partial charge in [-0.3, -0.25) is 0 Å². The van der Waals surface area contributed by atoms with E-state index in [1.165, 1.54) is 0 Å². The predicted molar refractivity (Wildman–Crippen MR) is 74.6 cm³/mol. The van der Waals surface area contributed by atoms with Crippen molar-refractivity contribution in [3.05, 3.63) is 35.9 Å². The first-order chi connectivity index (χ1) is 8.87. The van der Waals surface area contributed by atoms with E-state index in [0.29, 0.717) is 5.92 Å². The van der Waals surface area contributed by atoms with Crippen molar-refractivity contribution >= 4 is 6.09 Å². The van der Waals surface area contributed by atoms with E-state index in [4.69, 9.17) is 10.5 Å². The smallest absolute Gasteiger partial charge is 0.408 e. The molecular weight excluding hydrogens is 240 g/mol. The first kappa shape index (κ1) is 13.9. The zero-order valence-corrected chi connectivity index (χ0v) is 11.7. The Morgan fingerprint density at radius 1 is 1.37 bits per heavy atom. The fraction of sp³-hybridized carbons (Fsp3) is 0.533. The summed E-state index contributed by atoms with van der Waals surface area (Å²) in [7, 11) is 0. The third kappa shape index (κ3) is 3.96. The van der Waals surface area contributed by atoms with E-state index in [0.717, 1.165) is 12.0 Å². The third-order valence-corrected chi connectivity index (χ3v) is 3.15. The van der Waals surface area contributed by atoms with Gasteiger partial charge in [-0.15, -0.1) is 0 Å². The molecule has 104 valence electrons. The van der Waals surface area contributed by atoms with Crippen molar-refractivity contribution in [3.63, 3.8) is 0 Å². The Kier molecular flexibility index (Phi) is 3.80. The Labute approximate surface area is 114 Å². The second kappa shape index (κ2) is 5.21.